The van der Waals surface area contributed by atoms with E-state index in [1.54, 1.807) is 49.5 Å². The minimum absolute atomic E-state index is 0.193. The van der Waals surface area contributed by atoms with E-state index >= 15 is 0 Å². The summed E-state index contributed by atoms with van der Waals surface area (Å²) in [5, 5.41) is 5.95. The lowest BCUT2D eigenvalue weighted by Gasteiger charge is -2.10. The maximum atomic E-state index is 13.6. The van der Waals surface area contributed by atoms with Crippen LogP contribution in [0.15, 0.2) is 65.8 Å². The molecular weight excluding hydrogens is 420 g/mol. The van der Waals surface area contributed by atoms with Gasteiger partial charge in [0.15, 0.2) is 0 Å². The molecule has 0 spiro atoms. The van der Waals surface area contributed by atoms with Gasteiger partial charge in [-0.05, 0) is 54.4 Å². The molecule has 0 atom stereocenters. The summed E-state index contributed by atoms with van der Waals surface area (Å²) in [6.07, 6.45) is 1.60. The van der Waals surface area contributed by atoms with Gasteiger partial charge in [0.1, 0.15) is 16.7 Å². The second-order valence-corrected chi connectivity index (χ2v) is 7.71. The Morgan fingerprint density at radius 1 is 0.968 bits per heavy atom. The molecule has 5 nitrogen and oxygen atoms in total. The lowest BCUT2D eigenvalue weighted by molar-refractivity contribution is 0.0925. The predicted octanol–water partition coefficient (Wildman–Crippen LogP) is 4.12. The molecule has 0 saturated heterocycles. The smallest absolute Gasteiger partial charge is 0.254 e. The lowest BCUT2D eigenvalue weighted by Crippen LogP contribution is -2.35. The monoisotopic (exact) mass is 441 g/mol. The van der Waals surface area contributed by atoms with Crippen LogP contribution in [0.3, 0.4) is 0 Å². The first kappa shape index (κ1) is 22.4. The number of pyridine rings is 1. The van der Waals surface area contributed by atoms with Gasteiger partial charge >= 0.3 is 0 Å². The van der Waals surface area contributed by atoms with Crippen LogP contribution >= 0.6 is 11.8 Å². The molecule has 8 heteroatoms. The lowest BCUT2D eigenvalue weighted by atomic mass is 10.1. The number of halogens is 2. The highest BCUT2D eigenvalue weighted by Gasteiger charge is 2.13. The Hall–Kier alpha value is -3.26. The highest BCUT2D eigenvalue weighted by atomic mass is 32.2. The van der Waals surface area contributed by atoms with Crippen LogP contribution in [0.4, 0.5) is 8.78 Å². The highest BCUT2D eigenvalue weighted by molar-refractivity contribution is 7.98. The van der Waals surface area contributed by atoms with Crippen LogP contribution in [-0.4, -0.2) is 29.9 Å². The van der Waals surface area contributed by atoms with Gasteiger partial charge in [0.05, 0.1) is 5.56 Å². The van der Waals surface area contributed by atoms with Gasteiger partial charge in [0.2, 0.25) is 0 Å². The van der Waals surface area contributed by atoms with E-state index < -0.39 is 11.7 Å². The van der Waals surface area contributed by atoms with E-state index in [1.807, 2.05) is 0 Å². The molecule has 0 aliphatic carbocycles. The van der Waals surface area contributed by atoms with Gasteiger partial charge in [-0.15, -0.1) is 11.8 Å². The first-order valence-electron chi connectivity index (χ1n) is 9.59. The molecule has 2 aromatic carbocycles. The highest BCUT2D eigenvalue weighted by Crippen LogP contribution is 2.24. The maximum Gasteiger partial charge on any atom is 0.254 e. The number of hydrogen-bond acceptors (Lipinski definition) is 4. The zero-order chi connectivity index (χ0) is 22.2. The summed E-state index contributed by atoms with van der Waals surface area (Å²) in [6, 6.07) is 13.8. The standard InChI is InChI=1S/C23H21F2N3O2S/c1-15-4-7-17(13-20(15)25)21(29)26-11-12-27-22(30)19-3-2-10-28-23(19)31-14-16-5-8-18(24)9-6-16/h2-10,13H,11-12,14H2,1H3,(H,26,29)(H,27,30). The number of nitrogens with one attached hydrogen (secondary N) is 2. The Morgan fingerprint density at radius 3 is 2.39 bits per heavy atom. The first-order valence-corrected chi connectivity index (χ1v) is 10.6. The summed E-state index contributed by atoms with van der Waals surface area (Å²) >= 11 is 1.38. The molecule has 2 N–H and O–H groups in total. The van der Waals surface area contributed by atoms with Crippen molar-refractivity contribution < 1.29 is 18.4 Å². The van der Waals surface area contributed by atoms with Gasteiger partial charge in [-0.1, -0.05) is 18.2 Å². The molecule has 0 fully saturated rings. The number of amides is 2. The van der Waals surface area contributed by atoms with Crippen molar-refractivity contribution in [2.45, 2.75) is 17.7 Å². The molecular formula is C23H21F2N3O2S. The minimum atomic E-state index is -0.441. The molecule has 2 amide bonds. The van der Waals surface area contributed by atoms with Crippen molar-refractivity contribution >= 4 is 23.6 Å². The number of hydrogen-bond donors (Lipinski definition) is 2. The van der Waals surface area contributed by atoms with Crippen LogP contribution in [0, 0.1) is 18.6 Å². The molecule has 1 heterocycles. The Labute approximate surface area is 183 Å². The van der Waals surface area contributed by atoms with Gasteiger partial charge < -0.3 is 10.6 Å². The van der Waals surface area contributed by atoms with Crippen molar-refractivity contribution in [3.63, 3.8) is 0 Å². The van der Waals surface area contributed by atoms with Crippen LogP contribution in [-0.2, 0) is 5.75 Å². The van der Waals surface area contributed by atoms with Crippen LogP contribution < -0.4 is 10.6 Å². The molecule has 1 aromatic heterocycles. The average Bonchev–Trinajstić information content (AvgIpc) is 2.78. The Bertz CT molecular complexity index is 1070. The third kappa shape index (κ3) is 6.36. The third-order valence-electron chi connectivity index (χ3n) is 4.43. The second-order valence-electron chi connectivity index (χ2n) is 6.75. The van der Waals surface area contributed by atoms with Crippen LogP contribution in [0.25, 0.3) is 0 Å². The number of rotatable bonds is 8. The number of carbonyl (C=O) groups is 2. The second kappa shape index (κ2) is 10.7. The normalized spacial score (nSPS) is 10.5. The summed E-state index contributed by atoms with van der Waals surface area (Å²) < 4.78 is 26.6. The quantitative estimate of drug-likeness (QED) is 0.408. The van der Waals surface area contributed by atoms with E-state index in [2.05, 4.69) is 15.6 Å². The summed E-state index contributed by atoms with van der Waals surface area (Å²) in [6.45, 7) is 2.02. The van der Waals surface area contributed by atoms with Gasteiger partial charge in [-0.2, -0.15) is 0 Å². The number of aromatic nitrogens is 1. The van der Waals surface area contributed by atoms with E-state index in [-0.39, 0.29) is 30.4 Å². The van der Waals surface area contributed by atoms with Crippen LogP contribution in [0.2, 0.25) is 0 Å². The van der Waals surface area contributed by atoms with Crippen molar-refractivity contribution in [1.82, 2.24) is 15.6 Å². The minimum Gasteiger partial charge on any atom is -0.350 e. The van der Waals surface area contributed by atoms with Crippen molar-refractivity contribution in [2.24, 2.45) is 0 Å². The molecule has 0 aliphatic rings. The average molecular weight is 442 g/mol. The molecule has 0 aliphatic heterocycles. The summed E-state index contributed by atoms with van der Waals surface area (Å²) in [5.41, 5.74) is 2.02. The number of aryl methyl sites for hydroxylation is 1. The fraction of sp³-hybridized carbons (Fsp3) is 0.174. The van der Waals surface area contributed by atoms with E-state index in [0.717, 1.165) is 5.56 Å². The fourth-order valence-electron chi connectivity index (χ4n) is 2.69. The Balaban J connectivity index is 1.50. The fourth-order valence-corrected chi connectivity index (χ4v) is 3.64. The Kier molecular flexibility index (Phi) is 7.72. The van der Waals surface area contributed by atoms with Crippen molar-refractivity contribution in [2.75, 3.05) is 13.1 Å². The Morgan fingerprint density at radius 2 is 1.68 bits per heavy atom. The maximum absolute atomic E-state index is 13.6. The summed E-state index contributed by atoms with van der Waals surface area (Å²) in [5.74, 6) is -0.925. The van der Waals surface area contributed by atoms with Gasteiger partial charge in [0, 0.05) is 30.6 Å². The number of benzene rings is 2. The largest absolute Gasteiger partial charge is 0.350 e. The van der Waals surface area contributed by atoms with Crippen LogP contribution in [0.1, 0.15) is 31.8 Å². The molecule has 0 saturated carbocycles. The van der Waals surface area contributed by atoms with E-state index in [9.17, 15) is 18.4 Å². The summed E-state index contributed by atoms with van der Waals surface area (Å²) in [7, 11) is 0. The van der Waals surface area contributed by atoms with Gasteiger partial charge in [-0.25, -0.2) is 13.8 Å². The predicted molar refractivity (Wildman–Crippen MR) is 116 cm³/mol. The molecule has 3 aromatic rings. The molecule has 3 rings (SSSR count). The first-order chi connectivity index (χ1) is 14.9. The van der Waals surface area contributed by atoms with Crippen molar-refractivity contribution in [3.8, 4) is 0 Å². The van der Waals surface area contributed by atoms with Crippen molar-refractivity contribution in [1.29, 1.82) is 0 Å². The number of thioether (sulfide) groups is 1. The molecule has 0 radical (unpaired) electrons. The molecule has 0 unspecified atom stereocenters. The van der Waals surface area contributed by atoms with E-state index in [0.29, 0.717) is 21.9 Å². The zero-order valence-corrected chi connectivity index (χ0v) is 17.6. The molecule has 160 valence electrons. The van der Waals surface area contributed by atoms with Gasteiger partial charge in [-0.3, -0.25) is 9.59 Å². The van der Waals surface area contributed by atoms with Crippen LogP contribution in [0.5, 0.6) is 0 Å². The number of nitrogens with zero attached hydrogens (tertiary/aromatic N) is 1. The molecule has 31 heavy (non-hydrogen) atoms. The summed E-state index contributed by atoms with van der Waals surface area (Å²) in [4.78, 5) is 28.9. The topological polar surface area (TPSA) is 71.1 Å². The SMILES string of the molecule is Cc1ccc(C(=O)NCCNC(=O)c2cccnc2SCc2ccc(F)cc2)cc1F. The third-order valence-corrected chi connectivity index (χ3v) is 5.51. The van der Waals surface area contributed by atoms with E-state index in [1.165, 1.54) is 30.0 Å². The molecule has 0 bridgehead atoms. The zero-order valence-electron chi connectivity index (χ0n) is 16.8. The number of carbonyl (C=O) groups excluding carboxylic acids is 2. The van der Waals surface area contributed by atoms with E-state index in [4.69, 9.17) is 0 Å². The van der Waals surface area contributed by atoms with Gasteiger partial charge in [0.25, 0.3) is 11.8 Å². The van der Waals surface area contributed by atoms with Crippen molar-refractivity contribution in [3.05, 3.63) is 94.7 Å².